The van der Waals surface area contributed by atoms with Crippen LogP contribution in [0.1, 0.15) is 36.2 Å². The second kappa shape index (κ2) is 5.13. The summed E-state index contributed by atoms with van der Waals surface area (Å²) in [5, 5.41) is 18.5. The zero-order valence-electron chi connectivity index (χ0n) is 13.6. The molecule has 1 fully saturated rings. The lowest BCUT2D eigenvalue weighted by Gasteiger charge is -2.00. The van der Waals surface area contributed by atoms with Gasteiger partial charge in [-0.1, -0.05) is 19.9 Å². The predicted octanol–water partition coefficient (Wildman–Crippen LogP) is 1.53. The number of amides is 1. The fourth-order valence-electron chi connectivity index (χ4n) is 3.35. The second-order valence-electron chi connectivity index (χ2n) is 6.69. The van der Waals surface area contributed by atoms with E-state index in [9.17, 15) is 14.7 Å². The lowest BCUT2D eigenvalue weighted by atomic mass is 10.1. The Hall–Kier alpha value is -3.23. The fraction of sp³-hybridized carbons (Fsp3) is 0.312. The number of fused-ring (bicyclic) bond motifs is 1. The first kappa shape index (κ1) is 15.3. The van der Waals surface area contributed by atoms with Crippen LogP contribution in [0.15, 0.2) is 30.6 Å². The van der Waals surface area contributed by atoms with Crippen LogP contribution in [0, 0.1) is 11.3 Å². The summed E-state index contributed by atoms with van der Waals surface area (Å²) in [5.41, 5.74) is 0.402. The van der Waals surface area contributed by atoms with E-state index in [1.54, 1.807) is 22.9 Å². The van der Waals surface area contributed by atoms with Gasteiger partial charge >= 0.3 is 5.97 Å². The number of nitrogens with zero attached hydrogens (tertiary/aromatic N) is 4. The molecule has 9 nitrogen and oxygen atoms in total. The number of imidazole rings is 1. The Labute approximate surface area is 142 Å². The van der Waals surface area contributed by atoms with Crippen molar-refractivity contribution in [3.63, 3.8) is 0 Å². The largest absolute Gasteiger partial charge is 0.481 e. The number of H-pyrrole nitrogens is 1. The summed E-state index contributed by atoms with van der Waals surface area (Å²) in [6.07, 6.45) is 3.34. The molecular formula is C16H16N6O3. The number of rotatable bonds is 4. The Morgan fingerprint density at radius 2 is 2.16 bits per heavy atom. The van der Waals surface area contributed by atoms with Gasteiger partial charge in [-0.15, -0.1) is 5.10 Å². The van der Waals surface area contributed by atoms with Crippen LogP contribution in [0.3, 0.4) is 0 Å². The number of aliphatic carboxylic acids is 1. The van der Waals surface area contributed by atoms with Gasteiger partial charge in [0.05, 0.1) is 17.6 Å². The van der Waals surface area contributed by atoms with Crippen LogP contribution in [0.5, 0.6) is 0 Å². The highest BCUT2D eigenvalue weighted by Crippen LogP contribution is 2.63. The number of pyridine rings is 1. The Morgan fingerprint density at radius 1 is 1.36 bits per heavy atom. The van der Waals surface area contributed by atoms with Crippen molar-refractivity contribution in [2.45, 2.75) is 19.8 Å². The molecule has 1 aliphatic carbocycles. The van der Waals surface area contributed by atoms with Crippen molar-refractivity contribution < 1.29 is 14.7 Å². The second-order valence-corrected chi connectivity index (χ2v) is 6.69. The van der Waals surface area contributed by atoms with E-state index in [-0.39, 0.29) is 17.7 Å². The first-order valence-electron chi connectivity index (χ1n) is 7.78. The van der Waals surface area contributed by atoms with Crippen LogP contribution in [-0.4, -0.2) is 41.5 Å². The van der Waals surface area contributed by atoms with Gasteiger partial charge in [-0.2, -0.15) is 4.98 Å². The Balaban J connectivity index is 1.54. The van der Waals surface area contributed by atoms with Gasteiger partial charge in [0.1, 0.15) is 5.82 Å². The minimum Gasteiger partial charge on any atom is -0.481 e. The molecular weight excluding hydrogens is 324 g/mol. The minimum absolute atomic E-state index is 0.0968. The van der Waals surface area contributed by atoms with E-state index < -0.39 is 23.2 Å². The maximum Gasteiger partial charge on any atom is 0.307 e. The molecule has 1 aliphatic rings. The fourth-order valence-corrected chi connectivity index (χ4v) is 3.35. The first-order valence-corrected chi connectivity index (χ1v) is 7.78. The Morgan fingerprint density at radius 3 is 2.88 bits per heavy atom. The lowest BCUT2D eigenvalue weighted by Crippen LogP contribution is -2.16. The SMILES string of the molecule is CC1(C)[C@H](C(=O)O)[C@@H]1c1nc(NC(=O)c2ncc3ccccn23)n[nH]1. The van der Waals surface area contributed by atoms with Gasteiger partial charge in [-0.3, -0.25) is 24.4 Å². The molecule has 3 aromatic rings. The molecule has 128 valence electrons. The van der Waals surface area contributed by atoms with Crippen LogP contribution < -0.4 is 5.32 Å². The van der Waals surface area contributed by atoms with Crippen LogP contribution in [0.2, 0.25) is 0 Å². The van der Waals surface area contributed by atoms with Crippen LogP contribution in [-0.2, 0) is 4.79 Å². The molecule has 4 rings (SSSR count). The number of aromatic amines is 1. The van der Waals surface area contributed by atoms with E-state index >= 15 is 0 Å². The van der Waals surface area contributed by atoms with E-state index in [0.717, 1.165) is 5.52 Å². The molecule has 0 spiro atoms. The lowest BCUT2D eigenvalue weighted by molar-refractivity contribution is -0.139. The molecule has 3 heterocycles. The normalized spacial score (nSPS) is 21.2. The minimum atomic E-state index is -0.860. The van der Waals surface area contributed by atoms with Crippen molar-refractivity contribution in [3.05, 3.63) is 42.2 Å². The van der Waals surface area contributed by atoms with Crippen LogP contribution in [0.25, 0.3) is 5.52 Å². The quantitative estimate of drug-likeness (QED) is 0.661. The molecule has 0 bridgehead atoms. The average molecular weight is 340 g/mol. The smallest absolute Gasteiger partial charge is 0.307 e. The molecule has 0 unspecified atom stereocenters. The molecule has 0 aliphatic heterocycles. The topological polar surface area (TPSA) is 125 Å². The van der Waals surface area contributed by atoms with E-state index in [4.69, 9.17) is 0 Å². The highest BCUT2D eigenvalue weighted by Gasteiger charge is 2.64. The summed E-state index contributed by atoms with van der Waals surface area (Å²) in [5.74, 6) is -1.30. The van der Waals surface area contributed by atoms with E-state index in [1.165, 1.54) is 0 Å². The summed E-state index contributed by atoms with van der Waals surface area (Å²) in [6.45, 7) is 3.74. The van der Waals surface area contributed by atoms with Crippen LogP contribution >= 0.6 is 0 Å². The van der Waals surface area contributed by atoms with Crippen LogP contribution in [0.4, 0.5) is 5.95 Å². The van der Waals surface area contributed by atoms with Gasteiger partial charge in [-0.25, -0.2) is 4.98 Å². The third kappa shape index (κ3) is 2.35. The highest BCUT2D eigenvalue weighted by atomic mass is 16.4. The van der Waals surface area contributed by atoms with E-state index in [2.05, 4.69) is 25.5 Å². The molecule has 9 heteroatoms. The number of carbonyl (C=O) groups excluding carboxylic acids is 1. The maximum absolute atomic E-state index is 12.4. The molecule has 0 saturated heterocycles. The molecule has 0 aromatic carbocycles. The van der Waals surface area contributed by atoms with Crippen molar-refractivity contribution in [2.24, 2.45) is 11.3 Å². The van der Waals surface area contributed by atoms with Gasteiger partial charge in [0.25, 0.3) is 5.91 Å². The number of carboxylic acids is 1. The van der Waals surface area contributed by atoms with Gasteiger partial charge in [0, 0.05) is 12.1 Å². The molecule has 1 saturated carbocycles. The van der Waals surface area contributed by atoms with Gasteiger partial charge in [0.2, 0.25) is 11.8 Å². The molecule has 25 heavy (non-hydrogen) atoms. The third-order valence-corrected chi connectivity index (χ3v) is 4.76. The summed E-state index contributed by atoms with van der Waals surface area (Å²) in [7, 11) is 0. The molecule has 2 atom stereocenters. The van der Waals surface area contributed by atoms with Gasteiger partial charge < -0.3 is 5.11 Å². The first-order chi connectivity index (χ1) is 11.9. The monoisotopic (exact) mass is 340 g/mol. The number of hydrogen-bond acceptors (Lipinski definition) is 5. The Bertz CT molecular complexity index is 989. The van der Waals surface area contributed by atoms with E-state index in [1.807, 2.05) is 26.0 Å². The van der Waals surface area contributed by atoms with Crippen molar-refractivity contribution in [1.29, 1.82) is 0 Å². The molecule has 3 N–H and O–H groups in total. The average Bonchev–Trinajstić information content (AvgIpc) is 2.94. The van der Waals surface area contributed by atoms with Gasteiger partial charge in [-0.05, 0) is 17.5 Å². The zero-order chi connectivity index (χ0) is 17.8. The summed E-state index contributed by atoms with van der Waals surface area (Å²) < 4.78 is 1.66. The van der Waals surface area contributed by atoms with Gasteiger partial charge in [0.15, 0.2) is 0 Å². The Kier molecular flexibility index (Phi) is 3.14. The van der Waals surface area contributed by atoms with Crippen molar-refractivity contribution in [3.8, 4) is 0 Å². The third-order valence-electron chi connectivity index (χ3n) is 4.76. The molecule has 0 radical (unpaired) electrons. The van der Waals surface area contributed by atoms with Crippen molar-refractivity contribution >= 4 is 23.3 Å². The summed E-state index contributed by atoms with van der Waals surface area (Å²) in [6, 6.07) is 5.50. The number of carbonyl (C=O) groups is 2. The number of nitrogens with one attached hydrogen (secondary N) is 2. The maximum atomic E-state index is 12.4. The van der Waals surface area contributed by atoms with Crippen molar-refractivity contribution in [1.82, 2.24) is 24.6 Å². The number of aromatic nitrogens is 5. The predicted molar refractivity (Wildman–Crippen MR) is 87.2 cm³/mol. The number of carboxylic acid groups (broad SMARTS) is 1. The molecule has 1 amide bonds. The standard InChI is InChI=1S/C16H16N6O3/c1-16(2)9(10(16)14(24)25)11-18-15(21-20-11)19-13(23)12-17-7-8-5-3-4-6-22(8)12/h3-7,9-10H,1-2H3,(H,24,25)(H2,18,19,20,21,23)/t9-,10+/m1/s1. The highest BCUT2D eigenvalue weighted by molar-refractivity contribution is 6.01. The number of anilines is 1. The summed E-state index contributed by atoms with van der Waals surface area (Å²) >= 11 is 0. The van der Waals surface area contributed by atoms with E-state index in [0.29, 0.717) is 5.82 Å². The van der Waals surface area contributed by atoms with Crippen molar-refractivity contribution in [2.75, 3.05) is 5.32 Å². The number of hydrogen-bond donors (Lipinski definition) is 3. The summed E-state index contributed by atoms with van der Waals surface area (Å²) in [4.78, 5) is 32.0. The zero-order valence-corrected chi connectivity index (χ0v) is 13.6. The molecule has 3 aromatic heterocycles.